The highest BCUT2D eigenvalue weighted by Crippen LogP contribution is 2.28. The fourth-order valence-electron chi connectivity index (χ4n) is 2.99. The van der Waals surface area contributed by atoms with E-state index in [9.17, 15) is 18.0 Å². The van der Waals surface area contributed by atoms with Crippen LogP contribution in [0.25, 0.3) is 11.0 Å². The van der Waals surface area contributed by atoms with Crippen LogP contribution in [0.5, 0.6) is 0 Å². The van der Waals surface area contributed by atoms with Gasteiger partial charge in [-0.3, -0.25) is 9.52 Å². The molecule has 4 aromatic rings. The third-order valence-electron chi connectivity index (χ3n) is 4.52. The first-order valence-electron chi connectivity index (χ1n) is 9.00. The van der Waals surface area contributed by atoms with Crippen LogP contribution in [0.2, 0.25) is 0 Å². The first-order valence-corrected chi connectivity index (χ1v) is 12.9. The molecule has 4 rings (SSSR count). The first kappa shape index (κ1) is 22.9. The third-order valence-corrected chi connectivity index (χ3v) is 7.49. The van der Waals surface area contributed by atoms with E-state index in [1.807, 2.05) is 0 Å². The Morgan fingerprint density at radius 3 is 2.16 bits per heavy atom. The highest BCUT2D eigenvalue weighted by Gasteiger charge is 2.18. The Labute approximate surface area is 208 Å². The van der Waals surface area contributed by atoms with Crippen molar-refractivity contribution in [3.05, 3.63) is 102 Å². The van der Waals surface area contributed by atoms with Crippen molar-refractivity contribution in [3.8, 4) is 0 Å². The maximum atomic E-state index is 12.9. The largest absolute Gasteiger partial charge is 0.421 e. The Balaban J connectivity index is 1.62. The maximum absolute atomic E-state index is 12.9. The number of anilines is 1. The summed E-state index contributed by atoms with van der Waals surface area (Å²) in [4.78, 5) is 25.4. The molecular weight excluding hydrogens is 630 g/mol. The quantitative estimate of drug-likeness (QED) is 0.210. The van der Waals surface area contributed by atoms with Gasteiger partial charge < -0.3 is 4.42 Å². The highest BCUT2D eigenvalue weighted by atomic mass is 79.9. The fraction of sp³-hybridized carbons (Fsp3) is 0. The van der Waals surface area contributed by atoms with Crippen LogP contribution in [0.3, 0.4) is 0 Å². The molecule has 10 heteroatoms. The van der Waals surface area contributed by atoms with Gasteiger partial charge in [-0.2, -0.15) is 0 Å². The smallest absolute Gasteiger partial charge is 0.347 e. The molecule has 6 nitrogen and oxygen atoms in total. The van der Waals surface area contributed by atoms with E-state index >= 15 is 0 Å². The van der Waals surface area contributed by atoms with Gasteiger partial charge in [0, 0.05) is 25.6 Å². The number of carbonyl (C=O) groups excluding carboxylic acids is 1. The molecule has 3 aromatic carbocycles. The molecule has 0 amide bonds. The van der Waals surface area contributed by atoms with E-state index in [0.29, 0.717) is 15.4 Å². The summed E-state index contributed by atoms with van der Waals surface area (Å²) in [6.45, 7) is 0. The van der Waals surface area contributed by atoms with Gasteiger partial charge in [0.25, 0.3) is 10.0 Å². The van der Waals surface area contributed by atoms with E-state index < -0.39 is 21.4 Å². The summed E-state index contributed by atoms with van der Waals surface area (Å²) in [6, 6.07) is 17.0. The molecule has 0 unspecified atom stereocenters. The zero-order chi connectivity index (χ0) is 23.0. The number of ketones is 1. The van der Waals surface area contributed by atoms with E-state index in [4.69, 9.17) is 4.42 Å². The van der Waals surface area contributed by atoms with E-state index in [1.165, 1.54) is 42.5 Å². The maximum Gasteiger partial charge on any atom is 0.347 e. The number of fused-ring (bicyclic) bond motifs is 1. The topological polar surface area (TPSA) is 93.4 Å². The zero-order valence-electron chi connectivity index (χ0n) is 15.9. The summed E-state index contributed by atoms with van der Waals surface area (Å²) in [5.41, 5.74) is -0.0381. The second-order valence-electron chi connectivity index (χ2n) is 6.72. The van der Waals surface area contributed by atoms with Crippen molar-refractivity contribution in [1.82, 2.24) is 0 Å². The summed E-state index contributed by atoms with van der Waals surface area (Å²) in [7, 11) is -3.78. The van der Waals surface area contributed by atoms with Crippen LogP contribution in [0.1, 0.15) is 15.9 Å². The SMILES string of the molecule is O=C(c1ccc(NS(=O)(=O)c2ccc(Br)cc2)cc1)c1cc2cc(Br)cc(Br)c2oc1=O. The van der Waals surface area contributed by atoms with Crippen molar-refractivity contribution in [3.63, 3.8) is 0 Å². The number of hydrogen-bond donors (Lipinski definition) is 1. The first-order chi connectivity index (χ1) is 15.1. The fourth-order valence-corrected chi connectivity index (χ4v) is 5.65. The van der Waals surface area contributed by atoms with Gasteiger partial charge in [-0.25, -0.2) is 13.2 Å². The molecule has 0 aliphatic carbocycles. The minimum Gasteiger partial charge on any atom is -0.421 e. The van der Waals surface area contributed by atoms with Crippen LogP contribution in [-0.4, -0.2) is 14.2 Å². The normalized spacial score (nSPS) is 11.5. The molecule has 0 saturated carbocycles. The Hall–Kier alpha value is -2.27. The molecule has 1 N–H and O–H groups in total. The van der Waals surface area contributed by atoms with Crippen molar-refractivity contribution in [2.24, 2.45) is 0 Å². The second-order valence-corrected chi connectivity index (χ2v) is 11.1. The molecule has 32 heavy (non-hydrogen) atoms. The van der Waals surface area contributed by atoms with Crippen LogP contribution >= 0.6 is 47.8 Å². The zero-order valence-corrected chi connectivity index (χ0v) is 21.5. The lowest BCUT2D eigenvalue weighted by molar-refractivity contribution is 0.103. The van der Waals surface area contributed by atoms with Crippen LogP contribution < -0.4 is 10.3 Å². The molecule has 0 bridgehead atoms. The van der Waals surface area contributed by atoms with Crippen molar-refractivity contribution in [2.75, 3.05) is 4.72 Å². The highest BCUT2D eigenvalue weighted by molar-refractivity contribution is 9.11. The molecule has 1 aromatic heterocycles. The lowest BCUT2D eigenvalue weighted by Gasteiger charge is -2.09. The number of rotatable bonds is 5. The van der Waals surface area contributed by atoms with Gasteiger partial charge in [0.2, 0.25) is 0 Å². The second kappa shape index (κ2) is 8.93. The predicted octanol–water partition coefficient (Wildman–Crippen LogP) is 6.11. The molecule has 0 aliphatic rings. The van der Waals surface area contributed by atoms with Crippen molar-refractivity contribution < 1.29 is 17.6 Å². The Kier molecular flexibility index (Phi) is 6.39. The van der Waals surface area contributed by atoms with Gasteiger partial charge in [0.05, 0.1) is 9.37 Å². The number of halogens is 3. The van der Waals surface area contributed by atoms with Gasteiger partial charge in [-0.15, -0.1) is 0 Å². The summed E-state index contributed by atoms with van der Waals surface area (Å²) in [5.74, 6) is -0.529. The number of sulfonamides is 1. The van der Waals surface area contributed by atoms with Gasteiger partial charge >= 0.3 is 5.63 Å². The number of hydrogen-bond acceptors (Lipinski definition) is 5. The van der Waals surface area contributed by atoms with Crippen molar-refractivity contribution >= 4 is 80.3 Å². The van der Waals surface area contributed by atoms with Gasteiger partial charge in [0.15, 0.2) is 11.4 Å². The molecule has 0 spiro atoms. The van der Waals surface area contributed by atoms with Crippen LogP contribution in [0, 0.1) is 0 Å². The number of nitrogens with one attached hydrogen (secondary N) is 1. The van der Waals surface area contributed by atoms with Crippen LogP contribution in [0.15, 0.2) is 94.3 Å². The summed E-state index contributed by atoms with van der Waals surface area (Å²) < 4.78 is 34.9. The number of benzene rings is 3. The molecule has 0 radical (unpaired) electrons. The lowest BCUT2D eigenvalue weighted by atomic mass is 10.0. The minimum absolute atomic E-state index is 0.104. The molecule has 0 aliphatic heterocycles. The third kappa shape index (κ3) is 4.73. The van der Waals surface area contributed by atoms with Crippen LogP contribution in [0.4, 0.5) is 5.69 Å². The van der Waals surface area contributed by atoms with Crippen LogP contribution in [-0.2, 0) is 10.0 Å². The molecule has 0 saturated heterocycles. The van der Waals surface area contributed by atoms with Crippen molar-refractivity contribution in [2.45, 2.75) is 4.90 Å². The van der Waals surface area contributed by atoms with E-state index in [0.717, 1.165) is 8.95 Å². The Morgan fingerprint density at radius 1 is 0.844 bits per heavy atom. The van der Waals surface area contributed by atoms with Crippen molar-refractivity contribution in [1.29, 1.82) is 0 Å². The standard InChI is InChI=1S/C22H12Br3NO5S/c23-14-3-7-17(8-4-14)32(29,30)26-16-5-1-12(2-6-16)20(27)18-10-13-9-15(24)11-19(25)21(13)31-22(18)28/h1-11,26H. The predicted molar refractivity (Wildman–Crippen MR) is 133 cm³/mol. The molecular formula is C22H12Br3NO5S. The summed E-state index contributed by atoms with van der Waals surface area (Å²) in [5, 5.41) is 0.577. The van der Waals surface area contributed by atoms with Gasteiger partial charge in [-0.1, -0.05) is 31.9 Å². The number of carbonyl (C=O) groups is 1. The summed E-state index contributed by atoms with van der Waals surface area (Å²) in [6.07, 6.45) is 0. The van der Waals surface area contributed by atoms with E-state index in [-0.39, 0.29) is 21.7 Å². The Morgan fingerprint density at radius 2 is 1.50 bits per heavy atom. The van der Waals surface area contributed by atoms with E-state index in [2.05, 4.69) is 52.5 Å². The minimum atomic E-state index is -3.78. The van der Waals surface area contributed by atoms with Gasteiger partial charge in [0.1, 0.15) is 5.56 Å². The lowest BCUT2D eigenvalue weighted by Crippen LogP contribution is -2.15. The molecule has 0 fully saturated rings. The molecule has 0 atom stereocenters. The Bertz CT molecular complexity index is 1510. The summed E-state index contributed by atoms with van der Waals surface area (Å²) >= 11 is 9.97. The average Bonchev–Trinajstić information content (AvgIpc) is 2.74. The van der Waals surface area contributed by atoms with Gasteiger partial charge in [-0.05, 0) is 82.7 Å². The molecule has 1 heterocycles. The molecule has 162 valence electrons. The van der Waals surface area contributed by atoms with E-state index in [1.54, 1.807) is 24.3 Å². The monoisotopic (exact) mass is 639 g/mol. The average molecular weight is 642 g/mol.